The van der Waals surface area contributed by atoms with E-state index in [2.05, 4.69) is 17.1 Å². The zero-order valence-corrected chi connectivity index (χ0v) is 12.3. The Morgan fingerprint density at radius 2 is 2.17 bits per heavy atom. The largest absolute Gasteiger partial charge is 0.368 e. The Labute approximate surface area is 111 Å². The highest BCUT2D eigenvalue weighted by Gasteiger charge is 2.32. The van der Waals surface area contributed by atoms with Gasteiger partial charge < -0.3 is 16.0 Å². The third kappa shape index (κ3) is 4.25. The molecule has 1 saturated heterocycles. The van der Waals surface area contributed by atoms with E-state index < -0.39 is 5.54 Å². The summed E-state index contributed by atoms with van der Waals surface area (Å²) in [7, 11) is 0. The van der Waals surface area contributed by atoms with E-state index in [-0.39, 0.29) is 11.9 Å². The number of rotatable bonds is 6. The van der Waals surface area contributed by atoms with Gasteiger partial charge in [0.1, 0.15) is 0 Å². The molecule has 1 amide bonds. The van der Waals surface area contributed by atoms with Crippen LogP contribution >= 0.6 is 0 Å². The topological polar surface area (TPSA) is 58.4 Å². The Morgan fingerprint density at radius 3 is 2.67 bits per heavy atom. The van der Waals surface area contributed by atoms with Gasteiger partial charge in [-0.25, -0.2) is 0 Å². The van der Waals surface area contributed by atoms with Crippen LogP contribution in [-0.4, -0.2) is 41.5 Å². The first-order chi connectivity index (χ1) is 8.35. The summed E-state index contributed by atoms with van der Waals surface area (Å²) in [6.07, 6.45) is 4.65. The molecule has 0 bridgehead atoms. The van der Waals surface area contributed by atoms with Crippen molar-refractivity contribution in [2.45, 2.75) is 71.0 Å². The second-order valence-electron chi connectivity index (χ2n) is 6.13. The van der Waals surface area contributed by atoms with Crippen LogP contribution in [0.25, 0.3) is 0 Å². The number of nitrogens with zero attached hydrogens (tertiary/aromatic N) is 1. The fourth-order valence-electron chi connectivity index (χ4n) is 2.76. The van der Waals surface area contributed by atoms with E-state index in [9.17, 15) is 4.79 Å². The van der Waals surface area contributed by atoms with Gasteiger partial charge in [-0.2, -0.15) is 0 Å². The minimum absolute atomic E-state index is 0.249. The summed E-state index contributed by atoms with van der Waals surface area (Å²) in [5.74, 6) is -0.249. The number of likely N-dealkylation sites (tertiary alicyclic amines) is 1. The number of hydrogen-bond acceptors (Lipinski definition) is 3. The molecule has 18 heavy (non-hydrogen) atoms. The minimum atomic E-state index is -0.592. The van der Waals surface area contributed by atoms with Crippen molar-refractivity contribution < 1.29 is 4.79 Å². The molecule has 106 valence electrons. The van der Waals surface area contributed by atoms with Crippen LogP contribution in [0.5, 0.6) is 0 Å². The summed E-state index contributed by atoms with van der Waals surface area (Å²) in [6.45, 7) is 10.4. The molecule has 1 fully saturated rings. The second-order valence-corrected chi connectivity index (χ2v) is 6.13. The molecule has 0 aromatic carbocycles. The molecule has 0 radical (unpaired) electrons. The third-order valence-corrected chi connectivity index (χ3v) is 3.99. The van der Waals surface area contributed by atoms with Gasteiger partial charge in [0, 0.05) is 18.6 Å². The van der Waals surface area contributed by atoms with E-state index in [1.807, 2.05) is 20.8 Å². The number of hydrogen-bond donors (Lipinski definition) is 2. The molecule has 0 aromatic heterocycles. The van der Waals surface area contributed by atoms with E-state index in [1.54, 1.807) is 0 Å². The molecule has 0 aromatic rings. The molecule has 0 aliphatic carbocycles. The van der Waals surface area contributed by atoms with Crippen LogP contribution in [0.15, 0.2) is 0 Å². The zero-order chi connectivity index (χ0) is 13.8. The fourth-order valence-corrected chi connectivity index (χ4v) is 2.76. The van der Waals surface area contributed by atoms with Crippen LogP contribution in [0, 0.1) is 0 Å². The van der Waals surface area contributed by atoms with Gasteiger partial charge in [-0.1, -0.05) is 6.42 Å². The molecule has 2 atom stereocenters. The monoisotopic (exact) mass is 255 g/mol. The van der Waals surface area contributed by atoms with Gasteiger partial charge in [0.2, 0.25) is 5.91 Å². The fraction of sp³-hybridized carbons (Fsp3) is 0.929. The van der Waals surface area contributed by atoms with Crippen molar-refractivity contribution in [1.82, 2.24) is 10.2 Å². The average molecular weight is 255 g/mol. The summed E-state index contributed by atoms with van der Waals surface area (Å²) in [6, 6.07) is 0.899. The van der Waals surface area contributed by atoms with Crippen LogP contribution in [0.1, 0.15) is 53.4 Å². The zero-order valence-electron chi connectivity index (χ0n) is 12.3. The average Bonchev–Trinajstić information content (AvgIpc) is 2.27. The normalized spacial score (nSPS) is 25.1. The molecule has 4 heteroatoms. The van der Waals surface area contributed by atoms with E-state index >= 15 is 0 Å². The second kappa shape index (κ2) is 6.53. The Balaban J connectivity index is 2.53. The highest BCUT2D eigenvalue weighted by atomic mass is 16.1. The lowest BCUT2D eigenvalue weighted by molar-refractivity contribution is -0.124. The number of carbonyl (C=O) groups is 1. The summed E-state index contributed by atoms with van der Waals surface area (Å²) in [5.41, 5.74) is 4.96. The molecule has 4 nitrogen and oxygen atoms in total. The lowest BCUT2D eigenvalue weighted by atomic mass is 9.94. The number of primary amides is 1. The summed E-state index contributed by atoms with van der Waals surface area (Å²) < 4.78 is 0. The van der Waals surface area contributed by atoms with Crippen molar-refractivity contribution in [3.05, 3.63) is 0 Å². The molecule has 1 aliphatic rings. The van der Waals surface area contributed by atoms with Crippen molar-refractivity contribution >= 4 is 5.91 Å². The smallest absolute Gasteiger partial charge is 0.237 e. The summed E-state index contributed by atoms with van der Waals surface area (Å²) in [5, 5.41) is 3.31. The Morgan fingerprint density at radius 1 is 1.50 bits per heavy atom. The molecule has 3 N–H and O–H groups in total. The van der Waals surface area contributed by atoms with Crippen LogP contribution in [0.2, 0.25) is 0 Å². The Bertz CT molecular complexity index is 280. The van der Waals surface area contributed by atoms with Crippen LogP contribution in [0.3, 0.4) is 0 Å². The van der Waals surface area contributed by atoms with Crippen molar-refractivity contribution in [2.24, 2.45) is 5.73 Å². The Kier molecular flexibility index (Phi) is 5.60. The van der Waals surface area contributed by atoms with Crippen molar-refractivity contribution in [2.75, 3.05) is 13.1 Å². The molecular weight excluding hydrogens is 226 g/mol. The maximum Gasteiger partial charge on any atom is 0.237 e. The number of nitrogens with one attached hydrogen (secondary N) is 1. The first-order valence-corrected chi connectivity index (χ1v) is 7.17. The molecule has 1 rings (SSSR count). The van der Waals surface area contributed by atoms with Gasteiger partial charge >= 0.3 is 0 Å². The van der Waals surface area contributed by atoms with Gasteiger partial charge in [-0.3, -0.25) is 4.79 Å². The quantitative estimate of drug-likeness (QED) is 0.756. The summed E-state index contributed by atoms with van der Waals surface area (Å²) >= 11 is 0. The molecular formula is C14H29N3O. The molecule has 2 unspecified atom stereocenters. The maximum absolute atomic E-state index is 11.7. The highest BCUT2D eigenvalue weighted by Crippen LogP contribution is 2.19. The van der Waals surface area contributed by atoms with E-state index in [0.29, 0.717) is 6.04 Å². The maximum atomic E-state index is 11.7. The van der Waals surface area contributed by atoms with Crippen molar-refractivity contribution in [1.29, 1.82) is 0 Å². The molecule has 0 spiro atoms. The van der Waals surface area contributed by atoms with E-state index in [1.165, 1.54) is 19.3 Å². The molecule has 1 aliphatic heterocycles. The highest BCUT2D eigenvalue weighted by molar-refractivity contribution is 5.84. The summed E-state index contributed by atoms with van der Waals surface area (Å²) in [4.78, 5) is 14.1. The minimum Gasteiger partial charge on any atom is -0.368 e. The Hall–Kier alpha value is -0.610. The van der Waals surface area contributed by atoms with Crippen molar-refractivity contribution in [3.8, 4) is 0 Å². The lowest BCUT2D eigenvalue weighted by Crippen LogP contribution is -2.57. The van der Waals surface area contributed by atoms with Gasteiger partial charge in [-0.05, 0) is 53.5 Å². The number of carbonyl (C=O) groups excluding carboxylic acids is 1. The molecule has 1 heterocycles. The van der Waals surface area contributed by atoms with Crippen LogP contribution in [-0.2, 0) is 4.79 Å². The standard InChI is InChI=1S/C14H29N3O/c1-11(2)16-14(4,13(15)18)8-10-17-9-6-5-7-12(17)3/h11-12,16H,5-10H2,1-4H3,(H2,15,18). The first-order valence-electron chi connectivity index (χ1n) is 7.17. The van der Waals surface area contributed by atoms with Crippen molar-refractivity contribution in [3.63, 3.8) is 0 Å². The van der Waals surface area contributed by atoms with Crippen LogP contribution < -0.4 is 11.1 Å². The van der Waals surface area contributed by atoms with E-state index in [4.69, 9.17) is 5.73 Å². The van der Waals surface area contributed by atoms with Crippen LogP contribution in [0.4, 0.5) is 0 Å². The molecule has 0 saturated carbocycles. The first kappa shape index (κ1) is 15.4. The number of piperidine rings is 1. The number of amides is 1. The van der Waals surface area contributed by atoms with Gasteiger partial charge in [0.25, 0.3) is 0 Å². The van der Waals surface area contributed by atoms with Gasteiger partial charge in [-0.15, -0.1) is 0 Å². The number of nitrogens with two attached hydrogens (primary N) is 1. The predicted molar refractivity (Wildman–Crippen MR) is 75.4 cm³/mol. The predicted octanol–water partition coefficient (Wildman–Crippen LogP) is 1.49. The SMILES string of the molecule is CC(C)NC(C)(CCN1CCCCC1C)C(N)=O. The third-order valence-electron chi connectivity index (χ3n) is 3.99. The van der Waals surface area contributed by atoms with Gasteiger partial charge in [0.05, 0.1) is 5.54 Å². The van der Waals surface area contributed by atoms with E-state index in [0.717, 1.165) is 19.5 Å². The lowest BCUT2D eigenvalue weighted by Gasteiger charge is -2.37. The van der Waals surface area contributed by atoms with Gasteiger partial charge in [0.15, 0.2) is 0 Å².